The lowest BCUT2D eigenvalue weighted by Gasteiger charge is -2.42. The molecule has 1 saturated carbocycles. The molecule has 1 aromatic rings. The highest BCUT2D eigenvalue weighted by Gasteiger charge is 2.42. The summed E-state index contributed by atoms with van der Waals surface area (Å²) in [5.41, 5.74) is 3.28. The van der Waals surface area contributed by atoms with Crippen molar-refractivity contribution >= 4 is 29.4 Å². The molecule has 2 atom stereocenters. The third-order valence-corrected chi connectivity index (χ3v) is 7.51. The van der Waals surface area contributed by atoms with E-state index < -0.39 is 5.41 Å². The van der Waals surface area contributed by atoms with Crippen LogP contribution in [0.3, 0.4) is 0 Å². The summed E-state index contributed by atoms with van der Waals surface area (Å²) in [5.74, 6) is -0.462. The molecule has 0 unspecified atom stereocenters. The van der Waals surface area contributed by atoms with Crippen LogP contribution in [-0.4, -0.2) is 72.6 Å². The minimum Gasteiger partial charge on any atom is -0.465 e. The lowest BCUT2D eigenvalue weighted by molar-refractivity contribution is -0.155. The highest BCUT2D eigenvalue weighted by atomic mass is 35.5. The normalized spacial score (nSPS) is 20.1. The quantitative estimate of drug-likeness (QED) is 0.460. The lowest BCUT2D eigenvalue weighted by Crippen LogP contribution is -2.56. The van der Waals surface area contributed by atoms with Gasteiger partial charge < -0.3 is 15.0 Å². The van der Waals surface area contributed by atoms with Crippen LogP contribution in [0, 0.1) is 5.41 Å². The molecule has 3 rings (SSSR count). The number of ether oxygens (including phenoxy) is 1. The van der Waals surface area contributed by atoms with Gasteiger partial charge in [-0.3, -0.25) is 19.8 Å². The average molecular weight is 521 g/mol. The third-order valence-electron chi connectivity index (χ3n) is 7.26. The van der Waals surface area contributed by atoms with E-state index in [0.717, 1.165) is 37.7 Å². The molecular weight excluding hydrogens is 480 g/mol. The van der Waals surface area contributed by atoms with E-state index in [9.17, 15) is 14.4 Å². The zero-order valence-corrected chi connectivity index (χ0v) is 22.8. The first kappa shape index (κ1) is 28.4. The molecule has 200 valence electrons. The molecule has 1 saturated heterocycles. The Morgan fingerprint density at radius 2 is 1.78 bits per heavy atom. The Morgan fingerprint density at radius 3 is 2.39 bits per heavy atom. The Hall–Kier alpha value is -2.16. The summed E-state index contributed by atoms with van der Waals surface area (Å²) < 4.78 is 5.23. The van der Waals surface area contributed by atoms with Crippen molar-refractivity contribution in [1.29, 1.82) is 0 Å². The predicted molar refractivity (Wildman–Crippen MR) is 140 cm³/mol. The Morgan fingerprint density at radius 1 is 1.11 bits per heavy atom. The molecule has 2 aliphatic rings. The first-order chi connectivity index (χ1) is 17.1. The summed E-state index contributed by atoms with van der Waals surface area (Å²) in [6, 6.07) is 7.30. The van der Waals surface area contributed by atoms with Crippen LogP contribution in [0.15, 0.2) is 24.3 Å². The van der Waals surface area contributed by atoms with Crippen molar-refractivity contribution < 1.29 is 19.1 Å². The zero-order chi connectivity index (χ0) is 26.3. The minimum atomic E-state index is -0.810. The summed E-state index contributed by atoms with van der Waals surface area (Å²) in [7, 11) is 1.78. The maximum Gasteiger partial charge on any atom is 0.302 e. The largest absolute Gasteiger partial charge is 0.465 e. The van der Waals surface area contributed by atoms with E-state index in [4.69, 9.17) is 16.3 Å². The average Bonchev–Trinajstić information content (AvgIpc) is 3.30. The molecule has 0 bridgehead atoms. The van der Waals surface area contributed by atoms with Crippen molar-refractivity contribution in [1.82, 2.24) is 20.7 Å². The Bertz CT molecular complexity index is 902. The summed E-state index contributed by atoms with van der Waals surface area (Å²) in [6.07, 6.45) is 6.73. The number of nitrogens with one attached hydrogen (secondary N) is 2. The van der Waals surface area contributed by atoms with Gasteiger partial charge in [-0.25, -0.2) is 5.01 Å². The van der Waals surface area contributed by atoms with Gasteiger partial charge >= 0.3 is 5.97 Å². The smallest absolute Gasteiger partial charge is 0.302 e. The number of likely N-dealkylation sites (N-methyl/N-ethyl adjacent to an activating group) is 1. The van der Waals surface area contributed by atoms with Crippen molar-refractivity contribution in [3.05, 3.63) is 34.9 Å². The Balaban J connectivity index is 1.65. The van der Waals surface area contributed by atoms with E-state index in [-0.39, 0.29) is 42.5 Å². The number of carbonyl (C=O) groups is 3. The number of carbonyl (C=O) groups excluding carboxylic acids is 3. The zero-order valence-electron chi connectivity index (χ0n) is 22.0. The molecule has 1 aromatic carbocycles. The van der Waals surface area contributed by atoms with E-state index >= 15 is 0 Å². The lowest BCUT2D eigenvalue weighted by atomic mass is 9.87. The Kier molecular flexibility index (Phi) is 10.2. The van der Waals surface area contributed by atoms with Gasteiger partial charge in [-0.05, 0) is 64.3 Å². The van der Waals surface area contributed by atoms with Gasteiger partial charge in [0.2, 0.25) is 5.91 Å². The molecule has 2 fully saturated rings. The third kappa shape index (κ3) is 7.67. The van der Waals surface area contributed by atoms with E-state index in [1.165, 1.54) is 13.3 Å². The number of esters is 1. The second-order valence-corrected chi connectivity index (χ2v) is 11.1. The van der Waals surface area contributed by atoms with Gasteiger partial charge in [-0.1, -0.05) is 43.0 Å². The minimum absolute atomic E-state index is 0.00167. The molecule has 36 heavy (non-hydrogen) atoms. The molecular formula is C27H41ClN4O4. The van der Waals surface area contributed by atoms with Crippen LogP contribution >= 0.6 is 11.6 Å². The van der Waals surface area contributed by atoms with Crippen molar-refractivity contribution in [3.63, 3.8) is 0 Å². The monoisotopic (exact) mass is 520 g/mol. The maximum absolute atomic E-state index is 13.8. The number of amides is 2. The molecule has 2 N–H and O–H groups in total. The highest BCUT2D eigenvalue weighted by Crippen LogP contribution is 2.32. The van der Waals surface area contributed by atoms with Gasteiger partial charge in [0.05, 0.1) is 11.5 Å². The molecule has 1 heterocycles. The van der Waals surface area contributed by atoms with Crippen LogP contribution < -0.4 is 10.7 Å². The molecule has 0 spiro atoms. The van der Waals surface area contributed by atoms with Crippen LogP contribution in [0.1, 0.15) is 64.9 Å². The fourth-order valence-electron chi connectivity index (χ4n) is 5.17. The summed E-state index contributed by atoms with van der Waals surface area (Å²) in [6.45, 7) is 6.37. The van der Waals surface area contributed by atoms with Crippen LogP contribution in [-0.2, 0) is 25.5 Å². The molecule has 1 aliphatic heterocycles. The van der Waals surface area contributed by atoms with Gasteiger partial charge in [0.25, 0.3) is 5.91 Å². The van der Waals surface area contributed by atoms with Gasteiger partial charge in [-0.2, -0.15) is 0 Å². The molecule has 0 aromatic heterocycles. The highest BCUT2D eigenvalue weighted by molar-refractivity contribution is 6.30. The first-order valence-corrected chi connectivity index (χ1v) is 13.4. The number of rotatable bonds is 10. The summed E-state index contributed by atoms with van der Waals surface area (Å²) in [4.78, 5) is 40.3. The second kappa shape index (κ2) is 12.9. The van der Waals surface area contributed by atoms with E-state index in [2.05, 4.69) is 15.6 Å². The Labute approximate surface area is 220 Å². The number of hydrogen-bond acceptors (Lipinski definition) is 6. The van der Waals surface area contributed by atoms with Gasteiger partial charge in [0.15, 0.2) is 0 Å². The molecule has 9 heteroatoms. The van der Waals surface area contributed by atoms with Crippen molar-refractivity contribution in [2.24, 2.45) is 5.41 Å². The maximum atomic E-state index is 13.8. The first-order valence-electron chi connectivity index (χ1n) is 13.0. The second-order valence-electron chi connectivity index (χ2n) is 10.7. The number of nitrogens with zero attached hydrogens (tertiary/aromatic N) is 2. The van der Waals surface area contributed by atoms with Crippen LogP contribution in [0.2, 0.25) is 5.02 Å². The van der Waals surface area contributed by atoms with E-state index in [1.807, 2.05) is 43.1 Å². The predicted octanol–water partition coefficient (Wildman–Crippen LogP) is 3.33. The molecule has 0 radical (unpaired) electrons. The summed E-state index contributed by atoms with van der Waals surface area (Å²) >= 11 is 5.98. The molecule has 1 aliphatic carbocycles. The van der Waals surface area contributed by atoms with Crippen LogP contribution in [0.5, 0.6) is 0 Å². The van der Waals surface area contributed by atoms with Gasteiger partial charge in [0.1, 0.15) is 6.61 Å². The fourth-order valence-corrected chi connectivity index (χ4v) is 5.29. The SMILES string of the molecule is CN[C@H](Cc1ccc(Cl)cc1)C(=O)NN1CC[C@H](N(C(=O)C(C)(C)COC(C)=O)C2CCCCC2)C1. The number of hydrogen-bond donors (Lipinski definition) is 2. The van der Waals surface area contributed by atoms with Crippen LogP contribution in [0.4, 0.5) is 0 Å². The van der Waals surface area contributed by atoms with E-state index in [1.54, 1.807) is 7.05 Å². The molecule has 8 nitrogen and oxygen atoms in total. The number of hydrazine groups is 1. The van der Waals surface area contributed by atoms with Crippen molar-refractivity contribution in [2.75, 3.05) is 26.7 Å². The van der Waals surface area contributed by atoms with Crippen molar-refractivity contribution in [3.8, 4) is 0 Å². The van der Waals surface area contributed by atoms with Gasteiger partial charge in [0, 0.05) is 37.1 Å². The van der Waals surface area contributed by atoms with E-state index in [0.29, 0.717) is 24.5 Å². The van der Waals surface area contributed by atoms with Gasteiger partial charge in [-0.15, -0.1) is 0 Å². The fraction of sp³-hybridized carbons (Fsp3) is 0.667. The topological polar surface area (TPSA) is 91.0 Å². The number of halogens is 1. The van der Waals surface area contributed by atoms with Crippen molar-refractivity contribution in [2.45, 2.75) is 83.8 Å². The number of benzene rings is 1. The molecule has 2 amide bonds. The summed E-state index contributed by atoms with van der Waals surface area (Å²) in [5, 5.41) is 5.71. The van der Waals surface area contributed by atoms with Crippen LogP contribution in [0.25, 0.3) is 0 Å². The standard InChI is InChI=1S/C27H41ClN4O4/c1-19(33)36-18-27(2,3)26(35)32(22-8-6-5-7-9-22)23-14-15-31(17-23)30-25(34)24(29-4)16-20-10-12-21(28)13-11-20/h10-13,22-24,29H,5-9,14-18H2,1-4H3,(H,30,34)/t23-,24+/m0/s1.